The second-order valence-corrected chi connectivity index (χ2v) is 6.28. The normalized spacial score (nSPS) is 15.3. The largest absolute Gasteiger partial charge is 0.368 e. The van der Waals surface area contributed by atoms with E-state index in [0.29, 0.717) is 6.54 Å². The molecule has 1 aromatic rings. The first-order chi connectivity index (χ1) is 10.5. The number of hydrogen-bond donors (Lipinski definition) is 1. The van der Waals surface area contributed by atoms with E-state index in [9.17, 15) is 4.79 Å². The highest BCUT2D eigenvalue weighted by atomic mass is 16.2. The number of rotatable bonds is 4. The summed E-state index contributed by atoms with van der Waals surface area (Å²) in [6.45, 7) is 9.19. The second-order valence-electron chi connectivity index (χ2n) is 6.28. The molecule has 1 fully saturated rings. The first kappa shape index (κ1) is 16.6. The Balaban J connectivity index is 1.82. The number of benzene rings is 1. The van der Waals surface area contributed by atoms with Gasteiger partial charge >= 0.3 is 6.03 Å². The second kappa shape index (κ2) is 7.49. The Bertz CT molecular complexity index is 507. The summed E-state index contributed by atoms with van der Waals surface area (Å²) in [6.07, 6.45) is 0. The van der Waals surface area contributed by atoms with Gasteiger partial charge in [0, 0.05) is 45.0 Å². The number of carbonyl (C=O) groups is 1. The van der Waals surface area contributed by atoms with E-state index in [1.54, 1.807) is 0 Å². The predicted molar refractivity (Wildman–Crippen MR) is 91.7 cm³/mol. The Morgan fingerprint density at radius 1 is 1.14 bits per heavy atom. The SMILES string of the molecule is Cc1ccc(N2CCN(C(=O)NCCN(C)C)CC2)cc1C. The standard InChI is InChI=1S/C17H28N4O/c1-14-5-6-16(13-15(14)2)20-9-11-21(12-10-20)17(22)18-7-8-19(3)4/h5-6,13H,7-12H2,1-4H3,(H,18,22). The number of nitrogens with one attached hydrogen (secondary N) is 1. The lowest BCUT2D eigenvalue weighted by molar-refractivity contribution is 0.193. The van der Waals surface area contributed by atoms with Crippen molar-refractivity contribution in [2.75, 3.05) is 58.3 Å². The summed E-state index contributed by atoms with van der Waals surface area (Å²) < 4.78 is 0. The molecule has 0 spiro atoms. The lowest BCUT2D eigenvalue weighted by Crippen LogP contribution is -2.52. The fourth-order valence-corrected chi connectivity index (χ4v) is 2.59. The van der Waals surface area contributed by atoms with E-state index in [4.69, 9.17) is 0 Å². The molecule has 0 aliphatic carbocycles. The van der Waals surface area contributed by atoms with E-state index in [-0.39, 0.29) is 6.03 Å². The van der Waals surface area contributed by atoms with Crippen molar-refractivity contribution in [3.63, 3.8) is 0 Å². The van der Waals surface area contributed by atoms with Crippen molar-refractivity contribution in [3.8, 4) is 0 Å². The minimum Gasteiger partial charge on any atom is -0.368 e. The maximum atomic E-state index is 12.1. The van der Waals surface area contributed by atoms with Crippen LogP contribution in [0.2, 0.25) is 0 Å². The highest BCUT2D eigenvalue weighted by molar-refractivity contribution is 5.74. The fraction of sp³-hybridized carbons (Fsp3) is 0.588. The number of amides is 2. The number of likely N-dealkylation sites (N-methyl/N-ethyl adjacent to an activating group) is 1. The van der Waals surface area contributed by atoms with E-state index < -0.39 is 0 Å². The molecule has 0 saturated carbocycles. The van der Waals surface area contributed by atoms with Crippen LogP contribution in [0.4, 0.5) is 10.5 Å². The van der Waals surface area contributed by atoms with Gasteiger partial charge in [-0.25, -0.2) is 4.79 Å². The van der Waals surface area contributed by atoms with Gasteiger partial charge in [-0.2, -0.15) is 0 Å². The summed E-state index contributed by atoms with van der Waals surface area (Å²) in [7, 11) is 4.02. The Hall–Kier alpha value is -1.75. The van der Waals surface area contributed by atoms with E-state index in [1.807, 2.05) is 19.0 Å². The molecule has 1 saturated heterocycles. The van der Waals surface area contributed by atoms with Gasteiger partial charge in [0.15, 0.2) is 0 Å². The van der Waals surface area contributed by atoms with Crippen LogP contribution in [0.1, 0.15) is 11.1 Å². The van der Waals surface area contributed by atoms with Crippen LogP contribution in [-0.2, 0) is 0 Å². The Kier molecular flexibility index (Phi) is 5.66. The first-order valence-electron chi connectivity index (χ1n) is 7.97. The van der Waals surface area contributed by atoms with Crippen LogP contribution in [0.15, 0.2) is 18.2 Å². The summed E-state index contributed by atoms with van der Waals surface area (Å²) in [5, 5.41) is 2.98. The van der Waals surface area contributed by atoms with Gasteiger partial charge in [-0.3, -0.25) is 0 Å². The molecule has 1 aliphatic heterocycles. The van der Waals surface area contributed by atoms with Crippen molar-refractivity contribution in [2.24, 2.45) is 0 Å². The lowest BCUT2D eigenvalue weighted by atomic mass is 10.1. The quantitative estimate of drug-likeness (QED) is 0.920. The summed E-state index contributed by atoms with van der Waals surface area (Å²) >= 11 is 0. The third-order valence-electron chi connectivity index (χ3n) is 4.26. The molecule has 5 nitrogen and oxygen atoms in total. The zero-order chi connectivity index (χ0) is 16.1. The van der Waals surface area contributed by atoms with Crippen molar-refractivity contribution in [3.05, 3.63) is 29.3 Å². The number of hydrogen-bond acceptors (Lipinski definition) is 3. The number of nitrogens with zero attached hydrogens (tertiary/aromatic N) is 3. The molecule has 22 heavy (non-hydrogen) atoms. The van der Waals surface area contributed by atoms with Crippen LogP contribution in [-0.4, -0.2) is 69.2 Å². The van der Waals surface area contributed by atoms with Gasteiger partial charge in [-0.05, 0) is 51.2 Å². The number of aryl methyl sites for hydroxylation is 2. The molecule has 122 valence electrons. The Labute approximate surface area is 133 Å². The van der Waals surface area contributed by atoms with Gasteiger partial charge in [-0.1, -0.05) is 6.07 Å². The van der Waals surface area contributed by atoms with Crippen LogP contribution in [0.5, 0.6) is 0 Å². The molecule has 2 rings (SSSR count). The van der Waals surface area contributed by atoms with Crippen LogP contribution < -0.4 is 10.2 Å². The maximum absolute atomic E-state index is 12.1. The van der Waals surface area contributed by atoms with Crippen molar-refractivity contribution in [1.82, 2.24) is 15.1 Å². The Morgan fingerprint density at radius 3 is 2.41 bits per heavy atom. The van der Waals surface area contributed by atoms with Gasteiger partial charge < -0.3 is 20.0 Å². The molecular weight excluding hydrogens is 276 g/mol. The molecule has 1 aromatic carbocycles. The molecule has 1 heterocycles. The summed E-state index contributed by atoms with van der Waals surface area (Å²) in [5.74, 6) is 0. The summed E-state index contributed by atoms with van der Waals surface area (Å²) in [4.78, 5) is 18.4. The van der Waals surface area contributed by atoms with Crippen molar-refractivity contribution in [1.29, 1.82) is 0 Å². The van der Waals surface area contributed by atoms with Crippen molar-refractivity contribution >= 4 is 11.7 Å². The monoisotopic (exact) mass is 304 g/mol. The van der Waals surface area contributed by atoms with Crippen LogP contribution in [0.25, 0.3) is 0 Å². The molecule has 0 bridgehead atoms. The molecule has 0 atom stereocenters. The van der Waals surface area contributed by atoms with E-state index in [2.05, 4.69) is 47.2 Å². The molecule has 0 unspecified atom stereocenters. The van der Waals surface area contributed by atoms with E-state index in [1.165, 1.54) is 16.8 Å². The zero-order valence-corrected chi connectivity index (χ0v) is 14.2. The summed E-state index contributed by atoms with van der Waals surface area (Å²) in [5.41, 5.74) is 3.90. The van der Waals surface area contributed by atoms with Gasteiger partial charge in [0.25, 0.3) is 0 Å². The molecule has 1 N–H and O–H groups in total. The summed E-state index contributed by atoms with van der Waals surface area (Å²) in [6, 6.07) is 6.64. The van der Waals surface area contributed by atoms with Crippen molar-refractivity contribution in [2.45, 2.75) is 13.8 Å². The third kappa shape index (κ3) is 4.37. The van der Waals surface area contributed by atoms with Crippen LogP contribution >= 0.6 is 0 Å². The molecule has 0 radical (unpaired) electrons. The minimum absolute atomic E-state index is 0.0570. The molecule has 2 amide bonds. The molecule has 1 aliphatic rings. The Morgan fingerprint density at radius 2 is 1.82 bits per heavy atom. The topological polar surface area (TPSA) is 38.8 Å². The maximum Gasteiger partial charge on any atom is 0.317 e. The smallest absolute Gasteiger partial charge is 0.317 e. The van der Waals surface area contributed by atoms with Gasteiger partial charge in [-0.15, -0.1) is 0 Å². The fourth-order valence-electron chi connectivity index (χ4n) is 2.59. The van der Waals surface area contributed by atoms with Crippen LogP contribution in [0.3, 0.4) is 0 Å². The average molecular weight is 304 g/mol. The molecule has 0 aromatic heterocycles. The van der Waals surface area contributed by atoms with E-state index >= 15 is 0 Å². The van der Waals surface area contributed by atoms with Crippen molar-refractivity contribution < 1.29 is 4.79 Å². The van der Waals surface area contributed by atoms with Gasteiger partial charge in [0.05, 0.1) is 0 Å². The van der Waals surface area contributed by atoms with Gasteiger partial charge in [0.1, 0.15) is 0 Å². The van der Waals surface area contributed by atoms with Crippen LogP contribution in [0, 0.1) is 13.8 Å². The van der Waals surface area contributed by atoms with E-state index in [0.717, 1.165) is 32.7 Å². The highest BCUT2D eigenvalue weighted by Crippen LogP contribution is 2.20. The highest BCUT2D eigenvalue weighted by Gasteiger charge is 2.21. The number of urea groups is 1. The average Bonchev–Trinajstić information content (AvgIpc) is 2.50. The zero-order valence-electron chi connectivity index (χ0n) is 14.2. The predicted octanol–water partition coefficient (Wildman–Crippen LogP) is 1.70. The number of carbonyl (C=O) groups excluding carboxylic acids is 1. The number of anilines is 1. The first-order valence-corrected chi connectivity index (χ1v) is 7.97. The van der Waals surface area contributed by atoms with Gasteiger partial charge in [0.2, 0.25) is 0 Å². The molecular formula is C17H28N4O. The number of piperazine rings is 1. The third-order valence-corrected chi connectivity index (χ3v) is 4.26. The minimum atomic E-state index is 0.0570. The molecule has 5 heteroatoms. The lowest BCUT2D eigenvalue weighted by Gasteiger charge is -2.36.